The molecule has 1 amide bonds. The molecular weight excluding hydrogens is 281 g/mol. The highest BCUT2D eigenvalue weighted by Gasteiger charge is 2.22. The minimum Gasteiger partial charge on any atom is -0.344 e. The van der Waals surface area contributed by atoms with Crippen LogP contribution >= 0.6 is 7.37 Å². The van der Waals surface area contributed by atoms with E-state index in [2.05, 4.69) is 20.8 Å². The molecule has 2 atom stereocenters. The second kappa shape index (κ2) is 8.55. The Hall–Kier alpha value is -0.710. The molecule has 0 aromatic heterocycles. The van der Waals surface area contributed by atoms with Gasteiger partial charge < -0.3 is 4.89 Å². The number of nitrogens with zero attached hydrogens (tertiary/aromatic N) is 1. The van der Waals surface area contributed by atoms with E-state index >= 15 is 0 Å². The monoisotopic (exact) mass is 307 g/mol. The van der Waals surface area contributed by atoms with E-state index in [0.717, 1.165) is 13.1 Å². The predicted molar refractivity (Wildman–Crippen MR) is 77.0 cm³/mol. The van der Waals surface area contributed by atoms with E-state index in [1.165, 1.54) is 0 Å². The van der Waals surface area contributed by atoms with Gasteiger partial charge in [0, 0.05) is 13.2 Å². The van der Waals surface area contributed by atoms with Crippen LogP contribution in [0.25, 0.3) is 0 Å². The molecular formula is C13H26NO5P. The summed E-state index contributed by atoms with van der Waals surface area (Å²) in [5.41, 5.74) is 0. The molecule has 20 heavy (non-hydrogen) atoms. The van der Waals surface area contributed by atoms with Crippen LogP contribution in [0, 0.1) is 11.8 Å². The molecule has 0 rings (SSSR count). The fourth-order valence-electron chi connectivity index (χ4n) is 2.06. The first-order chi connectivity index (χ1) is 9.06. The van der Waals surface area contributed by atoms with Gasteiger partial charge in [-0.05, 0) is 18.3 Å². The van der Waals surface area contributed by atoms with Gasteiger partial charge in [0.25, 0.3) is 5.91 Å². The highest BCUT2D eigenvalue weighted by molar-refractivity contribution is 7.58. The second-order valence-corrected chi connectivity index (χ2v) is 8.06. The minimum absolute atomic E-state index is 0.172. The molecule has 0 spiro atoms. The molecule has 0 aromatic rings. The van der Waals surface area contributed by atoms with Crippen LogP contribution in [0.2, 0.25) is 0 Å². The topological polar surface area (TPSA) is 94.9 Å². The summed E-state index contributed by atoms with van der Waals surface area (Å²) in [4.78, 5) is 32.0. The molecule has 0 aliphatic rings. The standard InChI is InChI=1S/C13H26NO5P/c1-5-11(10(2)3)6-7-14(17)13(16)8-12(15)9-20(4,18)19/h10-11,17H,5-9H2,1-4H3,(H,18,19). The maximum Gasteiger partial charge on any atom is 0.253 e. The maximum atomic E-state index is 11.6. The number of rotatable bonds is 9. The van der Waals surface area contributed by atoms with Crippen molar-refractivity contribution in [1.82, 2.24) is 5.06 Å². The Kier molecular flexibility index (Phi) is 8.25. The summed E-state index contributed by atoms with van der Waals surface area (Å²) in [6.07, 6.45) is 0.558. The summed E-state index contributed by atoms with van der Waals surface area (Å²) in [7, 11) is -3.46. The highest BCUT2D eigenvalue weighted by atomic mass is 31.2. The Bertz CT molecular complexity index is 377. The van der Waals surface area contributed by atoms with Crippen molar-refractivity contribution in [2.45, 2.75) is 40.0 Å². The van der Waals surface area contributed by atoms with Gasteiger partial charge in [0.15, 0.2) is 5.78 Å². The van der Waals surface area contributed by atoms with Crippen LogP contribution in [-0.2, 0) is 14.2 Å². The average Bonchev–Trinajstić information content (AvgIpc) is 2.26. The van der Waals surface area contributed by atoms with Crippen molar-refractivity contribution >= 4 is 19.1 Å². The van der Waals surface area contributed by atoms with Crippen LogP contribution in [0.1, 0.15) is 40.0 Å². The molecule has 0 saturated carbocycles. The molecule has 0 bridgehead atoms. The maximum absolute atomic E-state index is 11.6. The Morgan fingerprint density at radius 3 is 2.25 bits per heavy atom. The van der Waals surface area contributed by atoms with Gasteiger partial charge in [-0.2, -0.15) is 0 Å². The third-order valence-corrected chi connectivity index (χ3v) is 4.22. The van der Waals surface area contributed by atoms with Gasteiger partial charge in [-0.3, -0.25) is 19.4 Å². The number of amides is 1. The molecule has 0 saturated heterocycles. The third kappa shape index (κ3) is 8.46. The number of carbonyl (C=O) groups excluding carboxylic acids is 2. The quantitative estimate of drug-likeness (QED) is 0.294. The lowest BCUT2D eigenvalue weighted by molar-refractivity contribution is -0.167. The van der Waals surface area contributed by atoms with Crippen LogP contribution < -0.4 is 0 Å². The summed E-state index contributed by atoms with van der Waals surface area (Å²) >= 11 is 0. The zero-order valence-electron chi connectivity index (χ0n) is 12.7. The minimum atomic E-state index is -3.46. The van der Waals surface area contributed by atoms with Crippen LogP contribution in [0.15, 0.2) is 0 Å². The summed E-state index contributed by atoms with van der Waals surface area (Å²) in [6.45, 7) is 7.46. The van der Waals surface area contributed by atoms with Crippen molar-refractivity contribution in [3.05, 3.63) is 0 Å². The zero-order valence-corrected chi connectivity index (χ0v) is 13.6. The Labute approximate surface area is 120 Å². The van der Waals surface area contributed by atoms with Gasteiger partial charge >= 0.3 is 0 Å². The zero-order chi connectivity index (χ0) is 15.9. The van der Waals surface area contributed by atoms with Gasteiger partial charge in [0.2, 0.25) is 7.37 Å². The van der Waals surface area contributed by atoms with Gasteiger partial charge in [0.05, 0.1) is 12.6 Å². The van der Waals surface area contributed by atoms with E-state index in [1.807, 2.05) is 0 Å². The Morgan fingerprint density at radius 1 is 1.30 bits per heavy atom. The van der Waals surface area contributed by atoms with Gasteiger partial charge in [-0.15, -0.1) is 0 Å². The summed E-state index contributed by atoms with van der Waals surface area (Å²) in [5, 5.41) is 10.1. The average molecular weight is 307 g/mol. The lowest BCUT2D eigenvalue weighted by atomic mass is 9.90. The number of Topliss-reactive ketones (excluding diaryl/α,β-unsaturated/α-hetero) is 1. The van der Waals surface area contributed by atoms with Crippen molar-refractivity contribution in [2.75, 3.05) is 19.4 Å². The van der Waals surface area contributed by atoms with Gasteiger partial charge in [0.1, 0.15) is 0 Å². The van der Waals surface area contributed by atoms with Crippen molar-refractivity contribution in [3.8, 4) is 0 Å². The molecule has 2 N–H and O–H groups in total. The molecule has 0 radical (unpaired) electrons. The number of ketones is 1. The van der Waals surface area contributed by atoms with E-state index in [-0.39, 0.29) is 6.54 Å². The molecule has 0 heterocycles. The molecule has 0 fully saturated rings. The van der Waals surface area contributed by atoms with Crippen molar-refractivity contribution in [2.24, 2.45) is 11.8 Å². The van der Waals surface area contributed by atoms with Crippen molar-refractivity contribution < 1.29 is 24.3 Å². The smallest absolute Gasteiger partial charge is 0.253 e. The second-order valence-electron chi connectivity index (χ2n) is 5.64. The SMILES string of the molecule is CCC(CCN(O)C(=O)CC(=O)CP(C)(=O)O)C(C)C. The first-order valence-corrected chi connectivity index (χ1v) is 9.16. The van der Waals surface area contributed by atoms with E-state index in [4.69, 9.17) is 4.89 Å². The summed E-state index contributed by atoms with van der Waals surface area (Å²) in [5.74, 6) is -0.479. The van der Waals surface area contributed by atoms with E-state index < -0.39 is 31.6 Å². The number of hydrogen-bond acceptors (Lipinski definition) is 4. The lowest BCUT2D eigenvalue weighted by Crippen LogP contribution is -2.32. The number of hydroxylamine groups is 2. The van der Waals surface area contributed by atoms with Crippen LogP contribution in [0.5, 0.6) is 0 Å². The van der Waals surface area contributed by atoms with E-state index in [0.29, 0.717) is 23.3 Å². The molecule has 2 unspecified atom stereocenters. The van der Waals surface area contributed by atoms with Crippen LogP contribution in [0.4, 0.5) is 0 Å². The van der Waals surface area contributed by atoms with Crippen LogP contribution in [-0.4, -0.2) is 46.2 Å². The van der Waals surface area contributed by atoms with Crippen molar-refractivity contribution in [1.29, 1.82) is 0 Å². The number of carbonyl (C=O) groups is 2. The Morgan fingerprint density at radius 2 is 1.85 bits per heavy atom. The summed E-state index contributed by atoms with van der Waals surface area (Å²) in [6, 6.07) is 0. The molecule has 118 valence electrons. The lowest BCUT2D eigenvalue weighted by Gasteiger charge is -2.22. The largest absolute Gasteiger partial charge is 0.344 e. The van der Waals surface area contributed by atoms with Crippen LogP contribution in [0.3, 0.4) is 0 Å². The van der Waals surface area contributed by atoms with Gasteiger partial charge in [-0.25, -0.2) is 5.06 Å². The predicted octanol–water partition coefficient (Wildman–Crippen LogP) is 2.14. The molecule has 0 aliphatic heterocycles. The fraction of sp³-hybridized carbons (Fsp3) is 0.846. The molecule has 7 heteroatoms. The molecule has 0 aliphatic carbocycles. The number of hydrogen-bond donors (Lipinski definition) is 2. The fourth-order valence-corrected chi connectivity index (χ4v) is 2.83. The first kappa shape index (κ1) is 19.3. The van der Waals surface area contributed by atoms with Crippen molar-refractivity contribution in [3.63, 3.8) is 0 Å². The third-order valence-electron chi connectivity index (χ3n) is 3.28. The first-order valence-electron chi connectivity index (χ1n) is 6.87. The van der Waals surface area contributed by atoms with E-state index in [9.17, 15) is 19.4 Å². The molecule has 6 nitrogen and oxygen atoms in total. The summed E-state index contributed by atoms with van der Waals surface area (Å²) < 4.78 is 11.1. The molecule has 0 aromatic carbocycles. The normalized spacial score (nSPS) is 15.8. The van der Waals surface area contributed by atoms with Gasteiger partial charge in [-0.1, -0.05) is 27.2 Å². The highest BCUT2D eigenvalue weighted by Crippen LogP contribution is 2.34. The Balaban J connectivity index is 4.22. The van der Waals surface area contributed by atoms with E-state index in [1.54, 1.807) is 0 Å².